The highest BCUT2D eigenvalue weighted by Gasteiger charge is 2.24. The quantitative estimate of drug-likeness (QED) is 0.854. The Morgan fingerprint density at radius 3 is 2.71 bits per heavy atom. The molecule has 2 N–H and O–H groups in total. The summed E-state index contributed by atoms with van der Waals surface area (Å²) >= 11 is 5.93. The van der Waals surface area contributed by atoms with Crippen LogP contribution in [0.4, 0.5) is 0 Å². The molecule has 5 heteroatoms. The molecule has 0 aromatic heterocycles. The molecule has 1 unspecified atom stereocenters. The van der Waals surface area contributed by atoms with Gasteiger partial charge in [-0.1, -0.05) is 11.6 Å². The van der Waals surface area contributed by atoms with Gasteiger partial charge in [0.05, 0.1) is 0 Å². The van der Waals surface area contributed by atoms with Crippen molar-refractivity contribution in [2.75, 3.05) is 13.1 Å². The van der Waals surface area contributed by atoms with Crippen molar-refractivity contribution in [3.05, 3.63) is 34.3 Å². The summed E-state index contributed by atoms with van der Waals surface area (Å²) in [6.07, 6.45) is 0.880. The predicted octanol–water partition coefficient (Wildman–Crippen LogP) is 2.24. The van der Waals surface area contributed by atoms with Crippen molar-refractivity contribution in [3.8, 4) is 0 Å². The molecule has 1 fully saturated rings. The van der Waals surface area contributed by atoms with E-state index in [0.717, 1.165) is 18.5 Å². The van der Waals surface area contributed by atoms with Crippen LogP contribution in [0.15, 0.2) is 18.2 Å². The number of carbonyl (C=O) groups excluding carboxylic acids is 1. The van der Waals surface area contributed by atoms with Gasteiger partial charge in [0.25, 0.3) is 5.91 Å². The van der Waals surface area contributed by atoms with Crippen LogP contribution < -0.4 is 5.73 Å². The standard InChI is InChI=1S/C12H15ClN2O.ClH/c1-8-4-9(6-10(13)5-8)12(16)15-3-2-11(14)7-15;/h4-6,11H,2-3,7,14H2,1H3;1H. The van der Waals surface area contributed by atoms with Gasteiger partial charge in [-0.3, -0.25) is 4.79 Å². The smallest absolute Gasteiger partial charge is 0.253 e. The Balaban J connectivity index is 0.00000144. The highest BCUT2D eigenvalue weighted by atomic mass is 35.5. The van der Waals surface area contributed by atoms with Crippen molar-refractivity contribution in [1.29, 1.82) is 0 Å². The second-order valence-electron chi connectivity index (χ2n) is 4.32. The van der Waals surface area contributed by atoms with Gasteiger partial charge in [-0.15, -0.1) is 12.4 Å². The van der Waals surface area contributed by atoms with Crippen LogP contribution in [0, 0.1) is 6.92 Å². The van der Waals surface area contributed by atoms with Crippen molar-refractivity contribution < 1.29 is 4.79 Å². The maximum atomic E-state index is 12.1. The molecule has 94 valence electrons. The maximum absolute atomic E-state index is 12.1. The number of rotatable bonds is 1. The summed E-state index contributed by atoms with van der Waals surface area (Å²) in [4.78, 5) is 13.9. The Labute approximate surface area is 112 Å². The fraction of sp³-hybridized carbons (Fsp3) is 0.417. The Morgan fingerprint density at radius 1 is 1.47 bits per heavy atom. The van der Waals surface area contributed by atoms with E-state index in [1.54, 1.807) is 11.0 Å². The van der Waals surface area contributed by atoms with Crippen molar-refractivity contribution in [2.24, 2.45) is 5.73 Å². The summed E-state index contributed by atoms with van der Waals surface area (Å²) < 4.78 is 0. The zero-order valence-electron chi connectivity index (χ0n) is 9.65. The number of halogens is 2. The number of hydrogen-bond acceptors (Lipinski definition) is 2. The van der Waals surface area contributed by atoms with Gasteiger partial charge in [-0.25, -0.2) is 0 Å². The first kappa shape index (κ1) is 14.3. The zero-order valence-corrected chi connectivity index (χ0v) is 11.2. The Hall–Kier alpha value is -0.770. The van der Waals surface area contributed by atoms with Gasteiger partial charge in [0, 0.05) is 29.7 Å². The number of nitrogens with zero attached hydrogens (tertiary/aromatic N) is 1. The monoisotopic (exact) mass is 274 g/mol. The number of nitrogens with two attached hydrogens (primary N) is 1. The molecule has 1 amide bonds. The number of amides is 1. The Bertz CT molecular complexity index is 403. The zero-order chi connectivity index (χ0) is 11.7. The van der Waals surface area contributed by atoms with E-state index in [1.807, 2.05) is 19.1 Å². The maximum Gasteiger partial charge on any atom is 0.253 e. The molecule has 0 bridgehead atoms. The van der Waals surface area contributed by atoms with Crippen molar-refractivity contribution in [2.45, 2.75) is 19.4 Å². The van der Waals surface area contributed by atoms with Crippen molar-refractivity contribution >= 4 is 29.9 Å². The third-order valence-corrected chi connectivity index (χ3v) is 3.02. The van der Waals surface area contributed by atoms with Crippen LogP contribution >= 0.6 is 24.0 Å². The highest BCUT2D eigenvalue weighted by Crippen LogP contribution is 2.18. The summed E-state index contributed by atoms with van der Waals surface area (Å²) in [5.74, 6) is 0.0264. The molecule has 0 saturated carbocycles. The molecule has 1 aromatic rings. The molecular formula is C12H16Cl2N2O. The van der Waals surface area contributed by atoms with Gasteiger partial charge in [0.1, 0.15) is 0 Å². The minimum atomic E-state index is 0. The third-order valence-electron chi connectivity index (χ3n) is 2.80. The van der Waals surface area contributed by atoms with E-state index in [9.17, 15) is 4.79 Å². The molecule has 0 radical (unpaired) electrons. The summed E-state index contributed by atoms with van der Waals surface area (Å²) in [5, 5.41) is 0.604. The van der Waals surface area contributed by atoms with E-state index in [1.165, 1.54) is 0 Å². The molecule has 1 saturated heterocycles. The first-order valence-electron chi connectivity index (χ1n) is 5.38. The lowest BCUT2D eigenvalue weighted by Gasteiger charge is -2.16. The normalized spacial score (nSPS) is 19.0. The predicted molar refractivity (Wildman–Crippen MR) is 71.9 cm³/mol. The Kier molecular flexibility index (Phi) is 4.80. The van der Waals surface area contributed by atoms with Crippen molar-refractivity contribution in [3.63, 3.8) is 0 Å². The molecule has 0 aliphatic carbocycles. The highest BCUT2D eigenvalue weighted by molar-refractivity contribution is 6.31. The van der Waals surface area contributed by atoms with Crippen LogP contribution in [0.2, 0.25) is 5.02 Å². The van der Waals surface area contributed by atoms with Crippen LogP contribution in [0.3, 0.4) is 0 Å². The van der Waals surface area contributed by atoms with Crippen LogP contribution in [-0.2, 0) is 0 Å². The van der Waals surface area contributed by atoms with E-state index in [4.69, 9.17) is 17.3 Å². The van der Waals surface area contributed by atoms with Crippen molar-refractivity contribution in [1.82, 2.24) is 4.90 Å². The number of likely N-dealkylation sites (tertiary alicyclic amines) is 1. The van der Waals surface area contributed by atoms with Gasteiger partial charge >= 0.3 is 0 Å². The average molecular weight is 275 g/mol. The van der Waals surface area contributed by atoms with E-state index in [-0.39, 0.29) is 24.4 Å². The van der Waals surface area contributed by atoms with Gasteiger partial charge in [-0.05, 0) is 37.1 Å². The van der Waals surface area contributed by atoms with Crippen LogP contribution in [0.25, 0.3) is 0 Å². The first-order chi connectivity index (χ1) is 7.56. The first-order valence-corrected chi connectivity index (χ1v) is 5.76. The van der Waals surface area contributed by atoms with Crippen LogP contribution in [-0.4, -0.2) is 29.9 Å². The Morgan fingerprint density at radius 2 is 2.18 bits per heavy atom. The number of aryl methyl sites for hydroxylation is 1. The van der Waals surface area contributed by atoms with Gasteiger partial charge in [0.15, 0.2) is 0 Å². The molecule has 0 spiro atoms. The third kappa shape index (κ3) is 3.35. The number of carbonyl (C=O) groups is 1. The van der Waals surface area contributed by atoms with Crippen LogP contribution in [0.1, 0.15) is 22.3 Å². The summed E-state index contributed by atoms with van der Waals surface area (Å²) in [6.45, 7) is 3.31. The van der Waals surface area contributed by atoms with Gasteiger partial charge in [-0.2, -0.15) is 0 Å². The summed E-state index contributed by atoms with van der Waals surface area (Å²) in [5.41, 5.74) is 7.43. The van der Waals surface area contributed by atoms with Gasteiger partial charge < -0.3 is 10.6 Å². The molecule has 2 rings (SSSR count). The van der Waals surface area contributed by atoms with E-state index < -0.39 is 0 Å². The second kappa shape index (κ2) is 5.71. The number of hydrogen-bond donors (Lipinski definition) is 1. The molecular weight excluding hydrogens is 259 g/mol. The van der Waals surface area contributed by atoms with E-state index in [0.29, 0.717) is 17.1 Å². The molecule has 1 aromatic carbocycles. The lowest BCUT2D eigenvalue weighted by Crippen LogP contribution is -2.31. The molecule has 1 aliphatic heterocycles. The van der Waals surface area contributed by atoms with E-state index in [2.05, 4.69) is 0 Å². The lowest BCUT2D eigenvalue weighted by molar-refractivity contribution is 0.0791. The molecule has 1 heterocycles. The average Bonchev–Trinajstić information content (AvgIpc) is 2.62. The fourth-order valence-electron chi connectivity index (χ4n) is 2.01. The fourth-order valence-corrected chi connectivity index (χ4v) is 2.30. The minimum absolute atomic E-state index is 0. The SMILES string of the molecule is Cc1cc(Cl)cc(C(=O)N2CCC(N)C2)c1.Cl. The minimum Gasteiger partial charge on any atom is -0.337 e. The van der Waals surface area contributed by atoms with Gasteiger partial charge in [0.2, 0.25) is 0 Å². The summed E-state index contributed by atoms with van der Waals surface area (Å²) in [6, 6.07) is 5.52. The van der Waals surface area contributed by atoms with Crippen LogP contribution in [0.5, 0.6) is 0 Å². The second-order valence-corrected chi connectivity index (χ2v) is 4.75. The largest absolute Gasteiger partial charge is 0.337 e. The topological polar surface area (TPSA) is 46.3 Å². The molecule has 17 heavy (non-hydrogen) atoms. The molecule has 1 atom stereocenters. The molecule has 1 aliphatic rings. The van der Waals surface area contributed by atoms with E-state index >= 15 is 0 Å². The molecule has 3 nitrogen and oxygen atoms in total. The lowest BCUT2D eigenvalue weighted by atomic mass is 10.1. The number of benzene rings is 1. The summed E-state index contributed by atoms with van der Waals surface area (Å²) in [7, 11) is 0.